The summed E-state index contributed by atoms with van der Waals surface area (Å²) in [6.45, 7) is 0.196. The van der Waals surface area contributed by atoms with Crippen LogP contribution < -0.4 is 10.6 Å². The Morgan fingerprint density at radius 3 is 2.81 bits per heavy atom. The number of furan rings is 1. The third kappa shape index (κ3) is 3.88. The molecule has 1 heterocycles. The Bertz CT molecular complexity index is 684. The third-order valence-corrected chi connectivity index (χ3v) is 2.64. The minimum atomic E-state index is -0.531. The Morgan fingerprint density at radius 1 is 1.33 bits per heavy atom. The number of nitrogens with one attached hydrogen (secondary N) is 2. The molecule has 6 nitrogen and oxygen atoms in total. The largest absolute Gasteiger partial charge is 0.506 e. The molecule has 1 amide bonds. The van der Waals surface area contributed by atoms with Gasteiger partial charge in [-0.25, -0.2) is 0 Å². The Kier molecular flexibility index (Phi) is 4.62. The number of hydrogen-bond donors (Lipinski definition) is 3. The van der Waals surface area contributed by atoms with Crippen molar-refractivity contribution < 1.29 is 14.3 Å². The minimum absolute atomic E-state index is 0.0297. The molecule has 1 aromatic carbocycles. The average Bonchev–Trinajstić information content (AvgIpc) is 3.01. The SMILES string of the molecule is N#C/C(=C/Nc1ccccc1O)C(=O)NCc1ccco1. The lowest BCUT2D eigenvalue weighted by Crippen LogP contribution is -2.24. The second kappa shape index (κ2) is 6.82. The molecule has 0 fully saturated rings. The lowest BCUT2D eigenvalue weighted by Gasteiger charge is -2.05. The molecule has 2 aromatic rings. The Morgan fingerprint density at radius 2 is 2.14 bits per heavy atom. The number of anilines is 1. The van der Waals surface area contributed by atoms with Gasteiger partial charge in [0.2, 0.25) is 0 Å². The van der Waals surface area contributed by atoms with Crippen molar-refractivity contribution in [2.75, 3.05) is 5.32 Å². The van der Waals surface area contributed by atoms with Crippen LogP contribution in [0.2, 0.25) is 0 Å². The van der Waals surface area contributed by atoms with Gasteiger partial charge in [0.15, 0.2) is 0 Å². The van der Waals surface area contributed by atoms with Crippen molar-refractivity contribution in [1.82, 2.24) is 5.32 Å². The van der Waals surface area contributed by atoms with Gasteiger partial charge in [-0.2, -0.15) is 5.26 Å². The van der Waals surface area contributed by atoms with E-state index in [0.717, 1.165) is 0 Å². The molecule has 21 heavy (non-hydrogen) atoms. The van der Waals surface area contributed by atoms with E-state index in [1.54, 1.807) is 36.4 Å². The zero-order valence-corrected chi connectivity index (χ0v) is 11.0. The molecule has 3 N–H and O–H groups in total. The molecule has 106 valence electrons. The van der Waals surface area contributed by atoms with E-state index in [1.807, 2.05) is 0 Å². The van der Waals surface area contributed by atoms with Crippen molar-refractivity contribution in [3.8, 4) is 11.8 Å². The highest BCUT2D eigenvalue weighted by atomic mass is 16.3. The van der Waals surface area contributed by atoms with Crippen LogP contribution in [0.15, 0.2) is 58.9 Å². The fraction of sp³-hybridized carbons (Fsp3) is 0.0667. The molecule has 0 aliphatic heterocycles. The van der Waals surface area contributed by atoms with Gasteiger partial charge in [-0.3, -0.25) is 4.79 Å². The molecule has 1 aromatic heterocycles. The molecule has 0 radical (unpaired) electrons. The summed E-state index contributed by atoms with van der Waals surface area (Å²) in [6.07, 6.45) is 2.74. The first-order valence-electron chi connectivity index (χ1n) is 6.16. The van der Waals surface area contributed by atoms with Crippen LogP contribution in [0.3, 0.4) is 0 Å². The molecule has 0 atom stereocenters. The predicted molar refractivity (Wildman–Crippen MR) is 76.0 cm³/mol. The normalized spacial score (nSPS) is 10.7. The summed E-state index contributed by atoms with van der Waals surface area (Å²) in [7, 11) is 0. The van der Waals surface area contributed by atoms with Crippen LogP contribution in [0.25, 0.3) is 0 Å². The topological polar surface area (TPSA) is 98.3 Å². The number of aromatic hydroxyl groups is 1. The van der Waals surface area contributed by atoms with Crippen molar-refractivity contribution in [3.63, 3.8) is 0 Å². The molecule has 0 bridgehead atoms. The van der Waals surface area contributed by atoms with E-state index < -0.39 is 5.91 Å². The standard InChI is InChI=1S/C15H13N3O3/c16-8-11(9-17-13-5-1-2-6-14(13)19)15(20)18-10-12-4-3-7-21-12/h1-7,9,17,19H,10H2,(H,18,20)/b11-9-. The van der Waals surface area contributed by atoms with Crippen LogP contribution >= 0.6 is 0 Å². The van der Waals surface area contributed by atoms with Gasteiger partial charge in [-0.1, -0.05) is 12.1 Å². The van der Waals surface area contributed by atoms with Crippen LogP contribution in [0, 0.1) is 11.3 Å². The fourth-order valence-electron chi connectivity index (χ4n) is 1.57. The maximum absolute atomic E-state index is 11.8. The number of para-hydroxylation sites is 2. The predicted octanol–water partition coefficient (Wildman–Crippen LogP) is 2.12. The summed E-state index contributed by atoms with van der Waals surface area (Å²) in [5.74, 6) is 0.0909. The highest BCUT2D eigenvalue weighted by Crippen LogP contribution is 2.21. The Labute approximate surface area is 121 Å². The van der Waals surface area contributed by atoms with Crippen LogP contribution in [-0.4, -0.2) is 11.0 Å². The number of amides is 1. The summed E-state index contributed by atoms with van der Waals surface area (Å²) >= 11 is 0. The van der Waals surface area contributed by atoms with E-state index in [4.69, 9.17) is 9.68 Å². The summed E-state index contributed by atoms with van der Waals surface area (Å²) in [6, 6.07) is 11.7. The van der Waals surface area contributed by atoms with Crippen molar-refractivity contribution >= 4 is 11.6 Å². The molecular formula is C15H13N3O3. The lowest BCUT2D eigenvalue weighted by atomic mass is 10.2. The molecule has 0 aliphatic carbocycles. The van der Waals surface area contributed by atoms with Crippen LogP contribution in [0.4, 0.5) is 5.69 Å². The van der Waals surface area contributed by atoms with Crippen LogP contribution in [0.1, 0.15) is 5.76 Å². The van der Waals surface area contributed by atoms with Gasteiger partial charge in [0, 0.05) is 6.20 Å². The van der Waals surface area contributed by atoms with E-state index in [9.17, 15) is 9.90 Å². The zero-order chi connectivity index (χ0) is 15.1. The van der Waals surface area contributed by atoms with E-state index >= 15 is 0 Å². The summed E-state index contributed by atoms with van der Waals surface area (Å²) in [4.78, 5) is 11.8. The minimum Gasteiger partial charge on any atom is -0.506 e. The smallest absolute Gasteiger partial charge is 0.263 e. The fourth-order valence-corrected chi connectivity index (χ4v) is 1.57. The second-order valence-corrected chi connectivity index (χ2v) is 4.09. The lowest BCUT2D eigenvalue weighted by molar-refractivity contribution is -0.117. The maximum atomic E-state index is 11.8. The first-order chi connectivity index (χ1) is 10.2. The molecule has 0 saturated carbocycles. The highest BCUT2D eigenvalue weighted by Gasteiger charge is 2.09. The van der Waals surface area contributed by atoms with Crippen molar-refractivity contribution in [3.05, 3.63) is 60.2 Å². The third-order valence-electron chi connectivity index (χ3n) is 2.64. The average molecular weight is 283 g/mol. The van der Waals surface area contributed by atoms with E-state index in [1.165, 1.54) is 18.5 Å². The zero-order valence-electron chi connectivity index (χ0n) is 11.0. The van der Waals surface area contributed by atoms with Crippen LogP contribution in [-0.2, 0) is 11.3 Å². The van der Waals surface area contributed by atoms with Crippen LogP contribution in [0.5, 0.6) is 5.75 Å². The highest BCUT2D eigenvalue weighted by molar-refractivity contribution is 5.97. The Balaban J connectivity index is 1.98. The summed E-state index contributed by atoms with van der Waals surface area (Å²) < 4.78 is 5.08. The van der Waals surface area contributed by atoms with Gasteiger partial charge in [0.1, 0.15) is 23.2 Å². The number of benzene rings is 1. The van der Waals surface area contributed by atoms with Gasteiger partial charge in [0.25, 0.3) is 5.91 Å². The van der Waals surface area contributed by atoms with Gasteiger partial charge < -0.3 is 20.2 Å². The number of hydrogen-bond acceptors (Lipinski definition) is 5. The van der Waals surface area contributed by atoms with E-state index in [2.05, 4.69) is 10.6 Å². The number of phenolic OH excluding ortho intramolecular Hbond substituents is 1. The van der Waals surface area contributed by atoms with Gasteiger partial charge in [0.05, 0.1) is 18.5 Å². The molecule has 0 saturated heterocycles. The van der Waals surface area contributed by atoms with Crippen molar-refractivity contribution in [2.45, 2.75) is 6.54 Å². The Hall–Kier alpha value is -3.20. The quantitative estimate of drug-likeness (QED) is 0.443. The summed E-state index contributed by atoms with van der Waals surface area (Å²) in [5, 5.41) is 23.9. The van der Waals surface area contributed by atoms with E-state index in [0.29, 0.717) is 11.4 Å². The second-order valence-electron chi connectivity index (χ2n) is 4.09. The van der Waals surface area contributed by atoms with E-state index in [-0.39, 0.29) is 17.9 Å². The number of carbonyl (C=O) groups excluding carboxylic acids is 1. The van der Waals surface area contributed by atoms with Gasteiger partial charge >= 0.3 is 0 Å². The molecule has 0 aliphatic rings. The number of rotatable bonds is 5. The molecule has 0 spiro atoms. The molecule has 0 unspecified atom stereocenters. The monoisotopic (exact) mass is 283 g/mol. The number of carbonyl (C=O) groups is 1. The molecule has 6 heteroatoms. The molecular weight excluding hydrogens is 270 g/mol. The number of nitriles is 1. The first-order valence-corrected chi connectivity index (χ1v) is 6.16. The van der Waals surface area contributed by atoms with Crippen molar-refractivity contribution in [1.29, 1.82) is 5.26 Å². The number of nitrogens with zero attached hydrogens (tertiary/aromatic N) is 1. The van der Waals surface area contributed by atoms with Gasteiger partial charge in [-0.05, 0) is 24.3 Å². The number of phenols is 1. The maximum Gasteiger partial charge on any atom is 0.263 e. The summed E-state index contributed by atoms with van der Waals surface area (Å²) in [5.41, 5.74) is 0.300. The van der Waals surface area contributed by atoms with Gasteiger partial charge in [-0.15, -0.1) is 0 Å². The molecule has 2 rings (SSSR count). The first kappa shape index (κ1) is 14.2. The van der Waals surface area contributed by atoms with Crippen molar-refractivity contribution in [2.24, 2.45) is 0 Å².